The van der Waals surface area contributed by atoms with Crippen molar-refractivity contribution in [3.05, 3.63) is 59.9 Å². The molecule has 0 bridgehead atoms. The monoisotopic (exact) mass is 467 g/mol. The molecule has 1 saturated heterocycles. The maximum atomic E-state index is 12.7. The Kier molecular flexibility index (Phi) is 7.39. The van der Waals surface area contributed by atoms with E-state index in [1.54, 1.807) is 18.0 Å². The van der Waals surface area contributed by atoms with E-state index in [0.717, 1.165) is 45.0 Å². The van der Waals surface area contributed by atoms with Crippen LogP contribution in [-0.4, -0.2) is 46.3 Å². The van der Waals surface area contributed by atoms with Gasteiger partial charge in [0, 0.05) is 42.7 Å². The average Bonchev–Trinajstić information content (AvgIpc) is 3.41. The van der Waals surface area contributed by atoms with Crippen molar-refractivity contribution in [2.75, 3.05) is 25.0 Å². The predicted molar refractivity (Wildman–Crippen MR) is 128 cm³/mol. The topological polar surface area (TPSA) is 87.2 Å². The molecule has 0 saturated carbocycles. The molecule has 2 amide bonds. The van der Waals surface area contributed by atoms with Crippen LogP contribution >= 0.6 is 23.1 Å². The van der Waals surface area contributed by atoms with Gasteiger partial charge in [-0.1, -0.05) is 35.2 Å². The Hall–Kier alpha value is -2.91. The Labute approximate surface area is 195 Å². The molecule has 1 aromatic carbocycles. The molecule has 2 N–H and O–H groups in total. The minimum Gasteiger partial charge on any atom is -0.352 e. The third-order valence-corrected chi connectivity index (χ3v) is 7.12. The summed E-state index contributed by atoms with van der Waals surface area (Å²) < 4.78 is 1.02. The summed E-state index contributed by atoms with van der Waals surface area (Å²) >= 11 is 3.11. The molecule has 1 aliphatic heterocycles. The number of aryl methyl sites for hydroxylation is 1. The molecule has 0 aliphatic carbocycles. The summed E-state index contributed by atoms with van der Waals surface area (Å²) in [6.45, 7) is 4.03. The first-order valence-electron chi connectivity index (χ1n) is 10.6. The number of carbonyl (C=O) groups is 2. The van der Waals surface area contributed by atoms with Crippen LogP contribution in [0.5, 0.6) is 0 Å². The van der Waals surface area contributed by atoms with Crippen LogP contribution < -0.4 is 10.6 Å². The molecular weight excluding hydrogens is 442 g/mol. The number of hydrogen-bond donors (Lipinski definition) is 2. The molecule has 0 radical (unpaired) electrons. The first kappa shape index (κ1) is 22.3. The summed E-state index contributed by atoms with van der Waals surface area (Å²) in [6, 6.07) is 11.6. The van der Waals surface area contributed by atoms with Gasteiger partial charge < -0.3 is 15.5 Å². The molecule has 1 aliphatic rings. The summed E-state index contributed by atoms with van der Waals surface area (Å²) in [4.78, 5) is 35.9. The molecule has 4 rings (SSSR count). The van der Waals surface area contributed by atoms with Crippen LogP contribution in [0.4, 0.5) is 10.9 Å². The molecule has 0 unspecified atom stereocenters. The highest BCUT2D eigenvalue weighted by atomic mass is 32.2. The molecule has 1 fully saturated rings. The highest BCUT2D eigenvalue weighted by Crippen LogP contribution is 2.35. The van der Waals surface area contributed by atoms with Crippen LogP contribution in [-0.2, 0) is 4.79 Å². The van der Waals surface area contributed by atoms with Gasteiger partial charge in [0.1, 0.15) is 5.82 Å². The number of hydrogen-bond acceptors (Lipinski definition) is 7. The number of nitrogens with one attached hydrogen (secondary N) is 2. The lowest BCUT2D eigenvalue weighted by molar-refractivity contribution is -0.127. The van der Waals surface area contributed by atoms with Gasteiger partial charge in [0.2, 0.25) is 5.91 Å². The van der Waals surface area contributed by atoms with Crippen molar-refractivity contribution in [1.29, 1.82) is 0 Å². The van der Waals surface area contributed by atoms with Gasteiger partial charge in [-0.05, 0) is 49.6 Å². The number of benzene rings is 1. The fourth-order valence-corrected chi connectivity index (χ4v) is 5.34. The van der Waals surface area contributed by atoms with Crippen LogP contribution in [0.3, 0.4) is 0 Å². The zero-order chi connectivity index (χ0) is 22.3. The number of likely N-dealkylation sites (tertiary alicyclic amines) is 1. The van der Waals surface area contributed by atoms with Gasteiger partial charge in [-0.2, -0.15) is 0 Å². The predicted octanol–water partition coefficient (Wildman–Crippen LogP) is 4.48. The van der Waals surface area contributed by atoms with Crippen molar-refractivity contribution < 1.29 is 9.59 Å². The van der Waals surface area contributed by atoms with Gasteiger partial charge in [0.05, 0.1) is 10.4 Å². The van der Waals surface area contributed by atoms with Gasteiger partial charge >= 0.3 is 0 Å². The molecule has 2 aromatic heterocycles. The number of rotatable bonds is 9. The molecule has 9 heteroatoms. The van der Waals surface area contributed by atoms with Crippen molar-refractivity contribution in [2.24, 2.45) is 0 Å². The zero-order valence-electron chi connectivity index (χ0n) is 17.8. The normalized spacial score (nSPS) is 13.4. The third-order valence-electron chi connectivity index (χ3n) is 5.12. The lowest BCUT2D eigenvalue weighted by atomic mass is 10.1. The minimum absolute atomic E-state index is 0.0838. The van der Waals surface area contributed by atoms with Crippen LogP contribution in [0.2, 0.25) is 0 Å². The van der Waals surface area contributed by atoms with Crippen molar-refractivity contribution >= 4 is 45.9 Å². The summed E-state index contributed by atoms with van der Waals surface area (Å²) in [7, 11) is 0. The number of carbonyl (C=O) groups excluding carboxylic acids is 2. The van der Waals surface area contributed by atoms with E-state index in [1.807, 2.05) is 54.4 Å². The largest absolute Gasteiger partial charge is 0.352 e. The standard InChI is InChI=1S/C23H25N5O2S2/c1-16-8-9-17(31-21-15-26-23(32-21)27-19-6-2-3-10-24-19)14-18(16)22(30)25-11-5-13-28-12-4-7-20(28)29/h2-3,6,8-10,14-15H,4-5,7,11-13H2,1H3,(H,25,30)(H,24,26,27). The Bertz CT molecular complexity index is 1090. The molecule has 166 valence electrons. The van der Waals surface area contributed by atoms with Crippen molar-refractivity contribution in [2.45, 2.75) is 35.3 Å². The van der Waals surface area contributed by atoms with Crippen molar-refractivity contribution in [3.8, 4) is 0 Å². The van der Waals surface area contributed by atoms with Crippen molar-refractivity contribution in [1.82, 2.24) is 20.2 Å². The third kappa shape index (κ3) is 5.86. The Balaban J connectivity index is 1.32. The van der Waals surface area contributed by atoms with Crippen LogP contribution in [0, 0.1) is 6.92 Å². The number of pyridine rings is 1. The Morgan fingerprint density at radius 2 is 2.16 bits per heavy atom. The van der Waals surface area contributed by atoms with Crippen LogP contribution in [0.25, 0.3) is 0 Å². The van der Waals surface area contributed by atoms with Gasteiger partial charge in [-0.15, -0.1) is 0 Å². The fourth-order valence-electron chi connectivity index (χ4n) is 3.44. The average molecular weight is 468 g/mol. The van der Waals surface area contributed by atoms with E-state index in [1.165, 1.54) is 11.3 Å². The molecule has 3 heterocycles. The summed E-state index contributed by atoms with van der Waals surface area (Å²) in [5.74, 6) is 0.889. The first-order chi connectivity index (χ1) is 15.6. The fraction of sp³-hybridized carbons (Fsp3) is 0.304. The van der Waals surface area contributed by atoms with Crippen molar-refractivity contribution in [3.63, 3.8) is 0 Å². The number of nitrogens with zero attached hydrogens (tertiary/aromatic N) is 3. The first-order valence-corrected chi connectivity index (χ1v) is 12.2. The highest BCUT2D eigenvalue weighted by Gasteiger charge is 2.19. The molecular formula is C23H25N5O2S2. The van der Waals surface area contributed by atoms with E-state index in [4.69, 9.17) is 0 Å². The number of amides is 2. The second-order valence-electron chi connectivity index (χ2n) is 7.50. The summed E-state index contributed by atoms with van der Waals surface area (Å²) in [6.07, 6.45) is 5.90. The zero-order valence-corrected chi connectivity index (χ0v) is 19.5. The van der Waals surface area contributed by atoms with E-state index in [2.05, 4.69) is 20.6 Å². The number of aromatic nitrogens is 2. The van der Waals surface area contributed by atoms with E-state index in [0.29, 0.717) is 25.1 Å². The highest BCUT2D eigenvalue weighted by molar-refractivity contribution is 8.01. The molecule has 0 atom stereocenters. The van der Waals surface area contributed by atoms with Gasteiger partial charge in [0.15, 0.2) is 5.13 Å². The second-order valence-corrected chi connectivity index (χ2v) is 9.90. The van der Waals surface area contributed by atoms with Gasteiger partial charge in [-0.25, -0.2) is 9.97 Å². The maximum absolute atomic E-state index is 12.7. The van der Waals surface area contributed by atoms with E-state index >= 15 is 0 Å². The maximum Gasteiger partial charge on any atom is 0.251 e. The number of thiazole rings is 1. The van der Waals surface area contributed by atoms with Gasteiger partial charge in [-0.3, -0.25) is 9.59 Å². The number of anilines is 2. The summed E-state index contributed by atoms with van der Waals surface area (Å²) in [5, 5.41) is 6.95. The second kappa shape index (κ2) is 10.6. The molecule has 32 heavy (non-hydrogen) atoms. The Morgan fingerprint density at radius 3 is 2.94 bits per heavy atom. The molecule has 7 nitrogen and oxygen atoms in total. The van der Waals surface area contributed by atoms with Crippen LogP contribution in [0.1, 0.15) is 35.2 Å². The molecule has 3 aromatic rings. The van der Waals surface area contributed by atoms with E-state index in [9.17, 15) is 9.59 Å². The SMILES string of the molecule is Cc1ccc(Sc2cnc(Nc3ccccn3)s2)cc1C(=O)NCCCN1CCCC1=O. The van der Waals surface area contributed by atoms with Crippen LogP contribution in [0.15, 0.2) is 57.9 Å². The lowest BCUT2D eigenvalue weighted by Crippen LogP contribution is -2.30. The molecule has 0 spiro atoms. The van der Waals surface area contributed by atoms with E-state index < -0.39 is 0 Å². The Morgan fingerprint density at radius 1 is 1.25 bits per heavy atom. The van der Waals surface area contributed by atoms with Gasteiger partial charge in [0.25, 0.3) is 5.91 Å². The summed E-state index contributed by atoms with van der Waals surface area (Å²) in [5.41, 5.74) is 1.60. The minimum atomic E-state index is -0.0838. The smallest absolute Gasteiger partial charge is 0.251 e. The van der Waals surface area contributed by atoms with E-state index in [-0.39, 0.29) is 11.8 Å². The quantitative estimate of drug-likeness (QED) is 0.451. The lowest BCUT2D eigenvalue weighted by Gasteiger charge is -2.15.